The van der Waals surface area contributed by atoms with E-state index in [4.69, 9.17) is 4.52 Å². The van der Waals surface area contributed by atoms with Crippen molar-refractivity contribution in [3.63, 3.8) is 0 Å². The number of aryl methyl sites for hydroxylation is 1. The van der Waals surface area contributed by atoms with Crippen molar-refractivity contribution in [3.8, 4) is 0 Å². The molecule has 2 unspecified atom stereocenters. The molecule has 1 amide bonds. The zero-order valence-corrected chi connectivity index (χ0v) is 16.2. The van der Waals surface area contributed by atoms with Gasteiger partial charge in [-0.1, -0.05) is 56.3 Å². The molecule has 2 rings (SSSR count). The number of nitrogens with zero attached hydrogens (tertiary/aromatic N) is 2. The van der Waals surface area contributed by atoms with Gasteiger partial charge in [0.05, 0.1) is 12.0 Å². The zero-order chi connectivity index (χ0) is 20.0. The van der Waals surface area contributed by atoms with Crippen LogP contribution in [0, 0.1) is 5.92 Å². The van der Waals surface area contributed by atoms with Gasteiger partial charge >= 0.3 is 5.97 Å². The van der Waals surface area contributed by atoms with Crippen LogP contribution in [-0.2, 0) is 21.4 Å². The van der Waals surface area contributed by atoms with Crippen LogP contribution in [0.15, 0.2) is 34.9 Å². The summed E-state index contributed by atoms with van der Waals surface area (Å²) < 4.78 is 5.22. The van der Waals surface area contributed by atoms with Gasteiger partial charge in [0, 0.05) is 18.3 Å². The van der Waals surface area contributed by atoms with Crippen LogP contribution < -0.4 is 5.32 Å². The Morgan fingerprint density at radius 3 is 2.44 bits per heavy atom. The van der Waals surface area contributed by atoms with Gasteiger partial charge < -0.3 is 14.9 Å². The Kier molecular flexibility index (Phi) is 6.71. The summed E-state index contributed by atoms with van der Waals surface area (Å²) >= 11 is 0. The standard InChI is InChI=1S/C20H27N3O4/c1-13(18(25)26)17(14-9-6-5-7-10-14)21-15(24)11-8-12-16-22-19(23-27-16)20(2,3)4/h5-7,9-10,13,17H,8,11-12H2,1-4H3,(H,21,24)(H,25,26). The van der Waals surface area contributed by atoms with Crippen LogP contribution in [0.5, 0.6) is 0 Å². The fourth-order valence-corrected chi connectivity index (χ4v) is 2.61. The lowest BCUT2D eigenvalue weighted by atomic mass is 9.94. The summed E-state index contributed by atoms with van der Waals surface area (Å²) in [7, 11) is 0. The summed E-state index contributed by atoms with van der Waals surface area (Å²) in [6.45, 7) is 7.60. The van der Waals surface area contributed by atoms with Crippen molar-refractivity contribution >= 4 is 11.9 Å². The first-order valence-corrected chi connectivity index (χ1v) is 9.08. The summed E-state index contributed by atoms with van der Waals surface area (Å²) in [5.74, 6) is -0.744. The molecule has 2 aromatic rings. The number of rotatable bonds is 8. The Bertz CT molecular complexity index is 765. The first-order chi connectivity index (χ1) is 12.7. The topological polar surface area (TPSA) is 105 Å². The summed E-state index contributed by atoms with van der Waals surface area (Å²) in [6, 6.07) is 8.56. The van der Waals surface area contributed by atoms with Crippen LogP contribution in [0.1, 0.15) is 63.9 Å². The molecule has 0 radical (unpaired) electrons. The molecule has 0 aliphatic heterocycles. The Morgan fingerprint density at radius 2 is 1.89 bits per heavy atom. The van der Waals surface area contributed by atoms with Crippen molar-refractivity contribution in [1.29, 1.82) is 0 Å². The van der Waals surface area contributed by atoms with E-state index in [0.717, 1.165) is 5.56 Å². The third-order valence-electron chi connectivity index (χ3n) is 4.30. The normalized spacial score (nSPS) is 13.8. The molecule has 7 heteroatoms. The number of benzene rings is 1. The maximum Gasteiger partial charge on any atom is 0.308 e. The third-order valence-corrected chi connectivity index (χ3v) is 4.30. The van der Waals surface area contributed by atoms with E-state index >= 15 is 0 Å². The maximum absolute atomic E-state index is 12.3. The van der Waals surface area contributed by atoms with Gasteiger partial charge in [0.1, 0.15) is 0 Å². The van der Waals surface area contributed by atoms with Crippen molar-refractivity contribution in [2.45, 2.75) is 58.4 Å². The molecule has 0 saturated heterocycles. The van der Waals surface area contributed by atoms with E-state index in [2.05, 4.69) is 15.5 Å². The van der Waals surface area contributed by atoms with Gasteiger partial charge in [0.2, 0.25) is 11.8 Å². The average Bonchev–Trinajstić information content (AvgIpc) is 3.09. The lowest BCUT2D eigenvalue weighted by Gasteiger charge is -2.23. The number of carboxylic acid groups (broad SMARTS) is 1. The first-order valence-electron chi connectivity index (χ1n) is 9.08. The molecule has 2 N–H and O–H groups in total. The first kappa shape index (κ1) is 20.6. The van der Waals surface area contributed by atoms with Crippen LogP contribution in [0.3, 0.4) is 0 Å². The molecule has 27 heavy (non-hydrogen) atoms. The molecule has 1 heterocycles. The van der Waals surface area contributed by atoms with Crippen molar-refractivity contribution in [1.82, 2.24) is 15.5 Å². The Balaban J connectivity index is 1.92. The number of nitrogens with one attached hydrogen (secondary N) is 1. The number of hydrogen-bond acceptors (Lipinski definition) is 5. The minimum atomic E-state index is -0.954. The second kappa shape index (κ2) is 8.79. The van der Waals surface area contributed by atoms with E-state index in [-0.39, 0.29) is 17.7 Å². The van der Waals surface area contributed by atoms with Crippen LogP contribution in [0.4, 0.5) is 0 Å². The van der Waals surface area contributed by atoms with E-state index < -0.39 is 17.9 Å². The number of carbonyl (C=O) groups excluding carboxylic acids is 1. The van der Waals surface area contributed by atoms with Gasteiger partial charge in [0.25, 0.3) is 0 Å². The molecule has 0 fully saturated rings. The van der Waals surface area contributed by atoms with Crippen molar-refractivity contribution in [3.05, 3.63) is 47.6 Å². The fraction of sp³-hybridized carbons (Fsp3) is 0.500. The molecule has 1 aromatic heterocycles. The van der Waals surface area contributed by atoms with Gasteiger partial charge in [-0.2, -0.15) is 4.98 Å². The van der Waals surface area contributed by atoms with Crippen LogP contribution in [0.25, 0.3) is 0 Å². The van der Waals surface area contributed by atoms with Gasteiger partial charge in [-0.05, 0) is 18.9 Å². The molecule has 0 aliphatic rings. The monoisotopic (exact) mass is 373 g/mol. The highest BCUT2D eigenvalue weighted by Crippen LogP contribution is 2.23. The number of carboxylic acids is 1. The summed E-state index contributed by atoms with van der Waals surface area (Å²) in [6.07, 6.45) is 1.30. The van der Waals surface area contributed by atoms with Gasteiger partial charge in [-0.25, -0.2) is 0 Å². The molecular weight excluding hydrogens is 346 g/mol. The summed E-state index contributed by atoms with van der Waals surface area (Å²) in [5, 5.41) is 16.1. The van der Waals surface area contributed by atoms with Crippen molar-refractivity contribution in [2.24, 2.45) is 5.92 Å². The second-order valence-electron chi connectivity index (χ2n) is 7.70. The van der Waals surface area contributed by atoms with Gasteiger partial charge in [-0.3, -0.25) is 9.59 Å². The number of aromatic nitrogens is 2. The van der Waals surface area contributed by atoms with Gasteiger partial charge in [-0.15, -0.1) is 0 Å². The Labute approximate surface area is 159 Å². The lowest BCUT2D eigenvalue weighted by Crippen LogP contribution is -2.35. The smallest absolute Gasteiger partial charge is 0.308 e. The van der Waals surface area contributed by atoms with E-state index in [9.17, 15) is 14.7 Å². The Hall–Kier alpha value is -2.70. The van der Waals surface area contributed by atoms with E-state index in [1.807, 2.05) is 51.1 Å². The van der Waals surface area contributed by atoms with Crippen molar-refractivity contribution in [2.75, 3.05) is 0 Å². The number of aliphatic carboxylic acids is 1. The quantitative estimate of drug-likeness (QED) is 0.736. The lowest BCUT2D eigenvalue weighted by molar-refractivity contribution is -0.142. The SMILES string of the molecule is CC(C(=O)O)C(NC(=O)CCCc1nc(C(C)(C)C)no1)c1ccccc1. The summed E-state index contributed by atoms with van der Waals surface area (Å²) in [5.41, 5.74) is 0.585. The van der Waals surface area contributed by atoms with Crippen LogP contribution >= 0.6 is 0 Å². The molecule has 2 atom stereocenters. The number of amides is 1. The predicted molar refractivity (Wildman–Crippen MR) is 100 cm³/mol. The largest absolute Gasteiger partial charge is 0.481 e. The highest BCUT2D eigenvalue weighted by atomic mass is 16.5. The Morgan fingerprint density at radius 1 is 1.22 bits per heavy atom. The van der Waals surface area contributed by atoms with E-state index in [1.54, 1.807) is 6.92 Å². The molecule has 146 valence electrons. The highest BCUT2D eigenvalue weighted by molar-refractivity contribution is 5.78. The minimum absolute atomic E-state index is 0.186. The van der Waals surface area contributed by atoms with Crippen LogP contribution in [-0.4, -0.2) is 27.1 Å². The molecule has 0 aliphatic carbocycles. The maximum atomic E-state index is 12.3. The van der Waals surface area contributed by atoms with E-state index in [0.29, 0.717) is 24.6 Å². The molecule has 0 bridgehead atoms. The third kappa shape index (κ3) is 5.91. The molecule has 1 aromatic carbocycles. The number of carbonyl (C=O) groups is 2. The molecule has 0 saturated carbocycles. The van der Waals surface area contributed by atoms with Crippen molar-refractivity contribution < 1.29 is 19.2 Å². The van der Waals surface area contributed by atoms with E-state index in [1.165, 1.54) is 0 Å². The summed E-state index contributed by atoms with van der Waals surface area (Å²) in [4.78, 5) is 28.1. The van der Waals surface area contributed by atoms with Gasteiger partial charge in [0.15, 0.2) is 5.82 Å². The van der Waals surface area contributed by atoms with Crippen LogP contribution in [0.2, 0.25) is 0 Å². The minimum Gasteiger partial charge on any atom is -0.481 e. The molecular formula is C20H27N3O4. The second-order valence-corrected chi connectivity index (χ2v) is 7.70. The predicted octanol–water partition coefficient (Wildman–Crippen LogP) is 3.27. The zero-order valence-electron chi connectivity index (χ0n) is 16.2. The molecule has 0 spiro atoms. The average molecular weight is 373 g/mol. The number of hydrogen-bond donors (Lipinski definition) is 2. The molecule has 7 nitrogen and oxygen atoms in total. The fourth-order valence-electron chi connectivity index (χ4n) is 2.61. The highest BCUT2D eigenvalue weighted by Gasteiger charge is 2.26.